The number of H-pyrrole nitrogens is 1. The standard InChI is InChI=1S/C11H5Cl2FN4/c12-7-3-5(1-2-8(7)14)9-6-4-15-18-10(6)17-11(13)16-9/h1-4H,(H,15,16,17,18). The van der Waals surface area contributed by atoms with Crippen LogP contribution in [0.4, 0.5) is 4.39 Å². The normalized spacial score (nSPS) is 11.1. The zero-order valence-electron chi connectivity index (χ0n) is 8.78. The van der Waals surface area contributed by atoms with E-state index >= 15 is 0 Å². The van der Waals surface area contributed by atoms with Crippen LogP contribution in [0, 0.1) is 5.82 Å². The van der Waals surface area contributed by atoms with Crippen molar-refractivity contribution in [2.24, 2.45) is 0 Å². The summed E-state index contributed by atoms with van der Waals surface area (Å²) in [7, 11) is 0. The summed E-state index contributed by atoms with van der Waals surface area (Å²) in [6, 6.07) is 4.34. The second-order valence-electron chi connectivity index (χ2n) is 3.60. The molecule has 0 fully saturated rings. The molecule has 2 aromatic heterocycles. The van der Waals surface area contributed by atoms with Gasteiger partial charge in [-0.2, -0.15) is 10.1 Å². The van der Waals surface area contributed by atoms with Crippen molar-refractivity contribution in [2.45, 2.75) is 0 Å². The van der Waals surface area contributed by atoms with Crippen LogP contribution in [0.2, 0.25) is 10.3 Å². The Kier molecular flexibility index (Phi) is 2.65. The molecule has 0 aliphatic heterocycles. The molecule has 0 saturated carbocycles. The maximum Gasteiger partial charge on any atom is 0.224 e. The minimum atomic E-state index is -0.482. The Morgan fingerprint density at radius 3 is 2.78 bits per heavy atom. The molecule has 0 bridgehead atoms. The monoisotopic (exact) mass is 282 g/mol. The van der Waals surface area contributed by atoms with Crippen LogP contribution >= 0.6 is 23.2 Å². The van der Waals surface area contributed by atoms with Crippen molar-refractivity contribution in [3.8, 4) is 11.3 Å². The zero-order chi connectivity index (χ0) is 12.7. The van der Waals surface area contributed by atoms with Gasteiger partial charge in [0, 0.05) is 5.56 Å². The molecule has 3 rings (SSSR count). The Hall–Kier alpha value is -1.72. The van der Waals surface area contributed by atoms with Gasteiger partial charge in [0.2, 0.25) is 5.28 Å². The summed E-state index contributed by atoms with van der Waals surface area (Å²) in [6.45, 7) is 0. The minimum absolute atomic E-state index is 0.0267. The molecule has 0 aliphatic rings. The van der Waals surface area contributed by atoms with Gasteiger partial charge in [-0.15, -0.1) is 0 Å². The van der Waals surface area contributed by atoms with Crippen LogP contribution in [0.3, 0.4) is 0 Å². The van der Waals surface area contributed by atoms with Gasteiger partial charge in [-0.25, -0.2) is 9.37 Å². The fourth-order valence-corrected chi connectivity index (χ4v) is 2.02. The molecule has 0 unspecified atom stereocenters. The largest absolute Gasteiger partial charge is 0.261 e. The van der Waals surface area contributed by atoms with Crippen molar-refractivity contribution in [3.05, 3.63) is 40.5 Å². The number of hydrogen-bond donors (Lipinski definition) is 1. The first kappa shape index (κ1) is 11.4. The molecule has 0 saturated heterocycles. The number of benzene rings is 1. The average Bonchev–Trinajstić information content (AvgIpc) is 2.79. The second kappa shape index (κ2) is 4.19. The van der Waals surface area contributed by atoms with Gasteiger partial charge in [-0.3, -0.25) is 5.10 Å². The van der Waals surface area contributed by atoms with E-state index in [1.54, 1.807) is 12.3 Å². The molecule has 0 atom stereocenters. The predicted molar refractivity (Wildman–Crippen MR) is 67.1 cm³/mol. The maximum absolute atomic E-state index is 13.1. The van der Waals surface area contributed by atoms with E-state index in [9.17, 15) is 4.39 Å². The fraction of sp³-hybridized carbons (Fsp3) is 0. The number of hydrogen-bond acceptors (Lipinski definition) is 3. The number of aromatic nitrogens is 4. The first-order valence-corrected chi connectivity index (χ1v) is 5.73. The lowest BCUT2D eigenvalue weighted by molar-refractivity contribution is 0.628. The van der Waals surface area contributed by atoms with E-state index in [1.807, 2.05) is 0 Å². The molecule has 1 N–H and O–H groups in total. The summed E-state index contributed by atoms with van der Waals surface area (Å²) in [6.07, 6.45) is 1.58. The summed E-state index contributed by atoms with van der Waals surface area (Å²) < 4.78 is 13.1. The summed E-state index contributed by atoms with van der Waals surface area (Å²) >= 11 is 11.6. The van der Waals surface area contributed by atoms with Crippen LogP contribution in [0.1, 0.15) is 0 Å². The van der Waals surface area contributed by atoms with Gasteiger partial charge in [-0.05, 0) is 29.8 Å². The first-order valence-electron chi connectivity index (χ1n) is 4.97. The van der Waals surface area contributed by atoms with Crippen LogP contribution in [-0.2, 0) is 0 Å². The highest BCUT2D eigenvalue weighted by atomic mass is 35.5. The maximum atomic E-state index is 13.1. The van der Waals surface area contributed by atoms with Crippen molar-refractivity contribution in [2.75, 3.05) is 0 Å². The molecular formula is C11H5Cl2FN4. The van der Waals surface area contributed by atoms with E-state index in [1.165, 1.54) is 12.1 Å². The lowest BCUT2D eigenvalue weighted by atomic mass is 10.1. The molecule has 1 aromatic carbocycles. The molecule has 0 radical (unpaired) electrons. The lowest BCUT2D eigenvalue weighted by Crippen LogP contribution is -1.90. The van der Waals surface area contributed by atoms with Gasteiger partial charge in [0.15, 0.2) is 5.65 Å². The van der Waals surface area contributed by atoms with E-state index in [0.717, 1.165) is 0 Å². The molecule has 0 aliphatic carbocycles. The van der Waals surface area contributed by atoms with Crippen LogP contribution in [-0.4, -0.2) is 20.2 Å². The van der Waals surface area contributed by atoms with E-state index in [2.05, 4.69) is 20.2 Å². The molecule has 90 valence electrons. The Morgan fingerprint density at radius 2 is 2.00 bits per heavy atom. The highest BCUT2D eigenvalue weighted by Crippen LogP contribution is 2.28. The SMILES string of the molecule is Fc1ccc(-c2nc(Cl)nc3[nH]ncc23)cc1Cl. The lowest BCUT2D eigenvalue weighted by Gasteiger charge is -2.03. The number of nitrogens with zero attached hydrogens (tertiary/aromatic N) is 3. The van der Waals surface area contributed by atoms with Gasteiger partial charge in [-0.1, -0.05) is 11.6 Å². The molecule has 0 amide bonds. The Labute approximate surface area is 111 Å². The van der Waals surface area contributed by atoms with Crippen molar-refractivity contribution < 1.29 is 4.39 Å². The fourth-order valence-electron chi connectivity index (χ4n) is 1.67. The third-order valence-electron chi connectivity index (χ3n) is 2.48. The number of rotatable bonds is 1. The van der Waals surface area contributed by atoms with E-state index in [0.29, 0.717) is 22.3 Å². The molecule has 0 spiro atoms. The van der Waals surface area contributed by atoms with Crippen molar-refractivity contribution in [3.63, 3.8) is 0 Å². The number of halogens is 3. The van der Waals surface area contributed by atoms with Crippen molar-refractivity contribution in [1.29, 1.82) is 0 Å². The van der Waals surface area contributed by atoms with Crippen LogP contribution < -0.4 is 0 Å². The predicted octanol–water partition coefficient (Wildman–Crippen LogP) is 3.47. The van der Waals surface area contributed by atoms with Gasteiger partial charge in [0.25, 0.3) is 0 Å². The van der Waals surface area contributed by atoms with E-state index in [-0.39, 0.29) is 10.3 Å². The molecular weight excluding hydrogens is 278 g/mol. The Bertz CT molecular complexity index is 741. The molecule has 18 heavy (non-hydrogen) atoms. The third-order valence-corrected chi connectivity index (χ3v) is 2.93. The van der Waals surface area contributed by atoms with Crippen molar-refractivity contribution >= 4 is 34.2 Å². The average molecular weight is 283 g/mol. The molecule has 2 heterocycles. The van der Waals surface area contributed by atoms with E-state index in [4.69, 9.17) is 23.2 Å². The zero-order valence-corrected chi connectivity index (χ0v) is 10.3. The smallest absolute Gasteiger partial charge is 0.224 e. The highest BCUT2D eigenvalue weighted by Gasteiger charge is 2.12. The topological polar surface area (TPSA) is 54.5 Å². The quantitative estimate of drug-likeness (QED) is 0.696. The van der Waals surface area contributed by atoms with Gasteiger partial charge < -0.3 is 0 Å². The summed E-state index contributed by atoms with van der Waals surface area (Å²) in [5.41, 5.74) is 1.73. The van der Waals surface area contributed by atoms with Crippen LogP contribution in [0.5, 0.6) is 0 Å². The minimum Gasteiger partial charge on any atom is -0.261 e. The number of nitrogens with one attached hydrogen (secondary N) is 1. The molecule has 3 aromatic rings. The second-order valence-corrected chi connectivity index (χ2v) is 4.35. The van der Waals surface area contributed by atoms with E-state index < -0.39 is 5.82 Å². The van der Waals surface area contributed by atoms with Crippen LogP contribution in [0.15, 0.2) is 24.4 Å². The Balaban J connectivity index is 2.30. The molecule has 7 heteroatoms. The summed E-state index contributed by atoms with van der Waals surface area (Å²) in [4.78, 5) is 8.12. The van der Waals surface area contributed by atoms with Gasteiger partial charge >= 0.3 is 0 Å². The first-order chi connectivity index (χ1) is 8.65. The number of fused-ring (bicyclic) bond motifs is 1. The van der Waals surface area contributed by atoms with Gasteiger partial charge in [0.1, 0.15) is 5.82 Å². The van der Waals surface area contributed by atoms with Gasteiger partial charge in [0.05, 0.1) is 22.3 Å². The summed E-state index contributed by atoms with van der Waals surface area (Å²) in [5.74, 6) is -0.482. The Morgan fingerprint density at radius 1 is 1.17 bits per heavy atom. The number of aromatic amines is 1. The third kappa shape index (κ3) is 1.81. The van der Waals surface area contributed by atoms with Crippen LogP contribution in [0.25, 0.3) is 22.3 Å². The summed E-state index contributed by atoms with van der Waals surface area (Å²) in [5, 5.41) is 7.39. The highest BCUT2D eigenvalue weighted by molar-refractivity contribution is 6.31. The molecule has 4 nitrogen and oxygen atoms in total. The van der Waals surface area contributed by atoms with Crippen molar-refractivity contribution in [1.82, 2.24) is 20.2 Å².